The van der Waals surface area contributed by atoms with Crippen LogP contribution in [0.4, 0.5) is 5.69 Å². The van der Waals surface area contributed by atoms with Crippen LogP contribution in [0.3, 0.4) is 0 Å². The number of carbonyl (C=O) groups excluding carboxylic acids is 2. The highest BCUT2D eigenvalue weighted by molar-refractivity contribution is 8.00. The van der Waals surface area contributed by atoms with E-state index in [1.807, 2.05) is 24.3 Å². The third kappa shape index (κ3) is 6.49. The second kappa shape index (κ2) is 9.56. The Morgan fingerprint density at radius 3 is 2.48 bits per heavy atom. The zero-order valence-electron chi connectivity index (χ0n) is 13.3. The van der Waals surface area contributed by atoms with Gasteiger partial charge in [-0.25, -0.2) is 0 Å². The van der Waals surface area contributed by atoms with E-state index in [4.69, 9.17) is 27.9 Å². The molecule has 0 fully saturated rings. The quantitative estimate of drug-likeness (QED) is 0.695. The highest BCUT2D eigenvalue weighted by atomic mass is 35.5. The molecule has 0 aliphatic heterocycles. The molecular weight excluding hydrogens is 383 g/mol. The van der Waals surface area contributed by atoms with Gasteiger partial charge in [-0.05, 0) is 42.5 Å². The maximum Gasteiger partial charge on any atom is 0.243 e. The number of methoxy groups -OCH3 is 1. The van der Waals surface area contributed by atoms with Gasteiger partial charge in [-0.15, -0.1) is 11.8 Å². The molecule has 2 rings (SSSR count). The Morgan fingerprint density at radius 1 is 1.08 bits per heavy atom. The Bertz CT molecular complexity index is 754. The van der Waals surface area contributed by atoms with Gasteiger partial charge >= 0.3 is 0 Å². The number of anilines is 1. The minimum Gasteiger partial charge on any atom is -0.497 e. The van der Waals surface area contributed by atoms with E-state index in [2.05, 4.69) is 10.6 Å². The normalized spacial score (nSPS) is 10.2. The van der Waals surface area contributed by atoms with Crippen LogP contribution >= 0.6 is 35.0 Å². The average Bonchev–Trinajstić information content (AvgIpc) is 2.61. The lowest BCUT2D eigenvalue weighted by molar-refractivity contribution is -0.122. The number of hydrogen-bond donors (Lipinski definition) is 2. The number of ether oxygens (including phenoxy) is 1. The van der Waals surface area contributed by atoms with Gasteiger partial charge in [-0.1, -0.05) is 23.2 Å². The topological polar surface area (TPSA) is 67.4 Å². The van der Waals surface area contributed by atoms with Gasteiger partial charge in [-0.2, -0.15) is 0 Å². The molecule has 2 N–H and O–H groups in total. The second-order valence-corrected chi connectivity index (χ2v) is 6.81. The van der Waals surface area contributed by atoms with Crippen LogP contribution in [0.1, 0.15) is 0 Å². The molecule has 0 aromatic heterocycles. The van der Waals surface area contributed by atoms with Crippen LogP contribution in [-0.4, -0.2) is 31.2 Å². The minimum absolute atomic E-state index is 0.148. The summed E-state index contributed by atoms with van der Waals surface area (Å²) >= 11 is 13.2. The molecule has 5 nitrogen and oxygen atoms in total. The van der Waals surface area contributed by atoms with E-state index >= 15 is 0 Å². The number of nitrogens with one attached hydrogen (secondary N) is 2. The molecule has 0 aliphatic carbocycles. The molecule has 0 atom stereocenters. The fraction of sp³-hybridized carbons (Fsp3) is 0.176. The van der Waals surface area contributed by atoms with E-state index in [9.17, 15) is 9.59 Å². The van der Waals surface area contributed by atoms with Crippen LogP contribution in [0.2, 0.25) is 10.0 Å². The van der Waals surface area contributed by atoms with Crippen molar-refractivity contribution in [3.63, 3.8) is 0 Å². The molecule has 0 aliphatic rings. The summed E-state index contributed by atoms with van der Waals surface area (Å²) in [4.78, 5) is 24.6. The van der Waals surface area contributed by atoms with Crippen LogP contribution in [0.15, 0.2) is 47.4 Å². The van der Waals surface area contributed by atoms with Crippen molar-refractivity contribution in [3.05, 3.63) is 52.5 Å². The number of benzene rings is 2. The van der Waals surface area contributed by atoms with Crippen molar-refractivity contribution in [2.75, 3.05) is 24.7 Å². The van der Waals surface area contributed by atoms with Gasteiger partial charge in [0.2, 0.25) is 11.8 Å². The zero-order chi connectivity index (χ0) is 18.2. The van der Waals surface area contributed by atoms with Crippen molar-refractivity contribution >= 4 is 52.5 Å². The molecule has 0 bridgehead atoms. The minimum atomic E-state index is -0.382. The lowest BCUT2D eigenvalue weighted by Gasteiger charge is -2.09. The summed E-state index contributed by atoms with van der Waals surface area (Å²) in [5.74, 6) is 0.336. The number of halogens is 2. The first-order chi connectivity index (χ1) is 12.0. The van der Waals surface area contributed by atoms with Crippen molar-refractivity contribution in [2.24, 2.45) is 0 Å². The van der Waals surface area contributed by atoms with Gasteiger partial charge in [0.25, 0.3) is 0 Å². The van der Waals surface area contributed by atoms with Crippen LogP contribution in [-0.2, 0) is 9.59 Å². The van der Waals surface area contributed by atoms with Crippen molar-refractivity contribution in [2.45, 2.75) is 4.90 Å². The summed E-state index contributed by atoms with van der Waals surface area (Å²) < 4.78 is 5.07. The van der Waals surface area contributed by atoms with Crippen LogP contribution in [0.5, 0.6) is 5.75 Å². The van der Waals surface area contributed by atoms with Crippen molar-refractivity contribution < 1.29 is 14.3 Å². The third-order valence-electron chi connectivity index (χ3n) is 3.08. The maximum absolute atomic E-state index is 11.9. The van der Waals surface area contributed by atoms with Crippen molar-refractivity contribution in [1.82, 2.24) is 5.32 Å². The SMILES string of the molecule is COc1ccc(SCC(=O)NCC(=O)Nc2cc(Cl)ccc2Cl)cc1. The molecule has 0 spiro atoms. The number of rotatable bonds is 7. The van der Waals surface area contributed by atoms with E-state index in [0.717, 1.165) is 10.6 Å². The first-order valence-electron chi connectivity index (χ1n) is 7.26. The highest BCUT2D eigenvalue weighted by Crippen LogP contribution is 2.25. The van der Waals surface area contributed by atoms with E-state index in [1.54, 1.807) is 25.3 Å². The Balaban J connectivity index is 1.75. The van der Waals surface area contributed by atoms with E-state index < -0.39 is 0 Å². The summed E-state index contributed by atoms with van der Waals surface area (Å²) in [6.07, 6.45) is 0. The van der Waals surface area contributed by atoms with Crippen molar-refractivity contribution in [1.29, 1.82) is 0 Å². The van der Waals surface area contributed by atoms with E-state index in [0.29, 0.717) is 15.7 Å². The molecular formula is C17H16Cl2N2O3S. The zero-order valence-corrected chi connectivity index (χ0v) is 15.7. The lowest BCUT2D eigenvalue weighted by Crippen LogP contribution is -2.33. The van der Waals surface area contributed by atoms with E-state index in [1.165, 1.54) is 11.8 Å². The maximum atomic E-state index is 11.9. The average molecular weight is 399 g/mol. The summed E-state index contributed by atoms with van der Waals surface area (Å²) in [5.41, 5.74) is 0.404. The van der Waals surface area contributed by atoms with Gasteiger partial charge in [0.05, 0.1) is 30.1 Å². The number of carbonyl (C=O) groups is 2. The fourth-order valence-corrected chi connectivity index (χ4v) is 2.90. The largest absolute Gasteiger partial charge is 0.497 e. The molecule has 2 aromatic carbocycles. The second-order valence-electron chi connectivity index (χ2n) is 4.91. The van der Waals surface area contributed by atoms with Crippen LogP contribution in [0, 0.1) is 0 Å². The summed E-state index contributed by atoms with van der Waals surface area (Å²) in [7, 11) is 1.59. The smallest absolute Gasteiger partial charge is 0.243 e. The van der Waals surface area contributed by atoms with Gasteiger partial charge in [-0.3, -0.25) is 9.59 Å². The van der Waals surface area contributed by atoms with Crippen LogP contribution < -0.4 is 15.4 Å². The summed E-state index contributed by atoms with van der Waals surface area (Å²) in [6.45, 7) is -0.148. The molecule has 8 heteroatoms. The molecule has 0 heterocycles. The summed E-state index contributed by atoms with van der Waals surface area (Å²) in [5, 5.41) is 5.99. The standard InChI is InChI=1S/C17H16Cl2N2O3S/c1-24-12-3-5-13(6-4-12)25-10-17(23)20-9-16(22)21-15-8-11(18)2-7-14(15)19/h2-8H,9-10H2,1H3,(H,20,23)(H,21,22). The Kier molecular flexibility index (Phi) is 7.43. The Labute approximate surface area is 160 Å². The molecule has 0 saturated heterocycles. The summed E-state index contributed by atoms with van der Waals surface area (Å²) in [6, 6.07) is 12.1. The fourth-order valence-electron chi connectivity index (χ4n) is 1.84. The van der Waals surface area contributed by atoms with Gasteiger partial charge in [0, 0.05) is 9.92 Å². The first kappa shape index (κ1) is 19.4. The number of amides is 2. The van der Waals surface area contributed by atoms with Crippen LogP contribution in [0.25, 0.3) is 0 Å². The van der Waals surface area contributed by atoms with Gasteiger partial charge in [0.15, 0.2) is 0 Å². The predicted molar refractivity (Wildman–Crippen MR) is 102 cm³/mol. The predicted octanol–water partition coefficient (Wildman–Crippen LogP) is 3.85. The molecule has 0 radical (unpaired) electrons. The molecule has 2 aromatic rings. The lowest BCUT2D eigenvalue weighted by atomic mass is 10.3. The first-order valence-corrected chi connectivity index (χ1v) is 9.00. The van der Waals surface area contributed by atoms with E-state index in [-0.39, 0.29) is 24.1 Å². The Morgan fingerprint density at radius 2 is 1.80 bits per heavy atom. The number of hydrogen-bond acceptors (Lipinski definition) is 4. The molecule has 0 saturated carbocycles. The van der Waals surface area contributed by atoms with Crippen molar-refractivity contribution in [3.8, 4) is 5.75 Å². The monoisotopic (exact) mass is 398 g/mol. The molecule has 132 valence electrons. The molecule has 0 unspecified atom stereocenters. The Hall–Kier alpha value is -1.89. The highest BCUT2D eigenvalue weighted by Gasteiger charge is 2.09. The third-order valence-corrected chi connectivity index (χ3v) is 4.65. The number of thioether (sulfide) groups is 1. The van der Waals surface area contributed by atoms with Gasteiger partial charge in [0.1, 0.15) is 5.75 Å². The van der Waals surface area contributed by atoms with Gasteiger partial charge < -0.3 is 15.4 Å². The molecule has 2 amide bonds. The molecule has 25 heavy (non-hydrogen) atoms.